The molecule has 1 aliphatic carbocycles. The molecule has 0 unspecified atom stereocenters. The fraction of sp³-hybridized carbons (Fsp3) is 0.0500. The zero-order valence-corrected chi connectivity index (χ0v) is 36.5. The van der Waals surface area contributed by atoms with Gasteiger partial charge in [0, 0.05) is 53.1 Å². The van der Waals surface area contributed by atoms with Gasteiger partial charge in [-0.05, 0) is 110 Å². The lowest BCUT2D eigenvalue weighted by Gasteiger charge is -2.21. The molecule has 0 saturated carbocycles. The fourth-order valence-corrected chi connectivity index (χ4v) is 11.1. The van der Waals surface area contributed by atoms with Gasteiger partial charge in [0.05, 0.1) is 0 Å². The molecule has 0 amide bonds. The Morgan fingerprint density at radius 1 is 0.354 bits per heavy atom. The summed E-state index contributed by atoms with van der Waals surface area (Å²) >= 11 is 1.81. The third-order valence-corrected chi connectivity index (χ3v) is 14.5. The highest BCUT2D eigenvalue weighted by Gasteiger charge is 2.35. The summed E-state index contributed by atoms with van der Waals surface area (Å²) in [4.78, 5) is 15.8. The van der Waals surface area contributed by atoms with E-state index in [-0.39, 0.29) is 5.41 Å². The van der Waals surface area contributed by atoms with E-state index < -0.39 is 0 Å². The average molecular weight is 850 g/mol. The quantitative estimate of drug-likeness (QED) is 0.167. The van der Waals surface area contributed by atoms with Crippen LogP contribution in [0.15, 0.2) is 205 Å². The van der Waals surface area contributed by atoms with Crippen molar-refractivity contribution in [2.75, 3.05) is 0 Å². The largest absolute Gasteiger partial charge is 0.456 e. The highest BCUT2D eigenvalue weighted by atomic mass is 32.1. The number of benzene rings is 9. The van der Waals surface area contributed by atoms with Crippen LogP contribution in [-0.2, 0) is 5.41 Å². The van der Waals surface area contributed by atoms with Crippen molar-refractivity contribution in [2.45, 2.75) is 19.3 Å². The predicted molar refractivity (Wildman–Crippen MR) is 270 cm³/mol. The van der Waals surface area contributed by atoms with Crippen molar-refractivity contribution in [3.8, 4) is 78.7 Å². The molecule has 0 N–H and O–H groups in total. The van der Waals surface area contributed by atoms with E-state index in [4.69, 9.17) is 19.4 Å². The Morgan fingerprint density at radius 3 is 1.75 bits per heavy atom. The van der Waals surface area contributed by atoms with E-state index in [0.29, 0.717) is 17.5 Å². The minimum absolute atomic E-state index is 0.0125. The Bertz CT molecular complexity index is 3860. The Hall–Kier alpha value is -7.99. The summed E-state index contributed by atoms with van der Waals surface area (Å²) < 4.78 is 9.06. The fourth-order valence-electron chi connectivity index (χ4n) is 10.0. The van der Waals surface area contributed by atoms with Gasteiger partial charge in [0.2, 0.25) is 0 Å². The monoisotopic (exact) mass is 849 g/mol. The molecule has 65 heavy (non-hydrogen) atoms. The number of fused-ring (bicyclic) bond motifs is 9. The minimum Gasteiger partial charge on any atom is -0.456 e. The molecule has 0 radical (unpaired) electrons. The third kappa shape index (κ3) is 6.15. The molecule has 3 heterocycles. The van der Waals surface area contributed by atoms with Gasteiger partial charge in [0.25, 0.3) is 0 Å². The minimum atomic E-state index is -0.0125. The highest BCUT2D eigenvalue weighted by molar-refractivity contribution is 7.25. The summed E-state index contributed by atoms with van der Waals surface area (Å²) in [6.07, 6.45) is 0. The molecule has 0 fully saturated rings. The van der Waals surface area contributed by atoms with Gasteiger partial charge < -0.3 is 4.42 Å². The van der Waals surface area contributed by atoms with Crippen molar-refractivity contribution < 1.29 is 4.42 Å². The topological polar surface area (TPSA) is 51.8 Å². The number of nitrogens with zero attached hydrogens (tertiary/aromatic N) is 3. The van der Waals surface area contributed by atoms with E-state index in [2.05, 4.69) is 196 Å². The molecular weight excluding hydrogens is 811 g/mol. The smallest absolute Gasteiger partial charge is 0.164 e. The third-order valence-electron chi connectivity index (χ3n) is 13.4. The predicted octanol–water partition coefficient (Wildman–Crippen LogP) is 16.4. The number of rotatable bonds is 6. The van der Waals surface area contributed by atoms with E-state index in [9.17, 15) is 0 Å². The van der Waals surface area contributed by atoms with Gasteiger partial charge in [0.1, 0.15) is 11.2 Å². The molecular formula is C60H39N3OS. The van der Waals surface area contributed by atoms with Crippen LogP contribution >= 0.6 is 11.3 Å². The van der Waals surface area contributed by atoms with Gasteiger partial charge in [-0.15, -0.1) is 11.3 Å². The molecule has 0 saturated heterocycles. The summed E-state index contributed by atoms with van der Waals surface area (Å²) in [6, 6.07) is 71.4. The standard InChI is InChI=1S/C60H39N3OS/c1-60(2)50-19-8-6-16-44(50)47-33-40(26-29-51(47)60)37-22-24-38(25-23-37)41-27-30-52-49(34-41)56-46(18-11-20-53(56)64-52)59-62-57(42-15-10-14-39(32-42)36-12-4-3-5-13-36)61-58(63-59)43-28-31-55-48(35-43)45-17-7-9-21-54(45)65-55/h3-35H,1-2H3. The number of hydrogen-bond donors (Lipinski definition) is 0. The Morgan fingerprint density at radius 2 is 0.908 bits per heavy atom. The Balaban J connectivity index is 0.927. The Kier molecular flexibility index (Phi) is 8.39. The van der Waals surface area contributed by atoms with E-state index >= 15 is 0 Å². The van der Waals surface area contributed by atoms with Gasteiger partial charge in [-0.3, -0.25) is 0 Å². The first kappa shape index (κ1) is 37.6. The molecule has 12 aromatic rings. The van der Waals surface area contributed by atoms with Crippen LogP contribution in [0.25, 0.3) is 121 Å². The first-order chi connectivity index (χ1) is 31.9. The van der Waals surface area contributed by atoms with Gasteiger partial charge >= 0.3 is 0 Å². The molecule has 0 aliphatic heterocycles. The molecule has 0 spiro atoms. The highest BCUT2D eigenvalue weighted by Crippen LogP contribution is 2.50. The molecule has 13 rings (SSSR count). The van der Waals surface area contributed by atoms with Crippen LogP contribution < -0.4 is 0 Å². The lowest BCUT2D eigenvalue weighted by Crippen LogP contribution is -2.14. The molecule has 306 valence electrons. The average Bonchev–Trinajstić information content (AvgIpc) is 4.01. The molecule has 3 aromatic heterocycles. The van der Waals surface area contributed by atoms with Gasteiger partial charge in [-0.2, -0.15) is 0 Å². The van der Waals surface area contributed by atoms with E-state index in [1.54, 1.807) is 11.3 Å². The van der Waals surface area contributed by atoms with Gasteiger partial charge in [-0.25, -0.2) is 15.0 Å². The van der Waals surface area contributed by atoms with Crippen LogP contribution in [0.5, 0.6) is 0 Å². The zero-order chi connectivity index (χ0) is 43.2. The number of hydrogen-bond acceptors (Lipinski definition) is 5. The summed E-state index contributed by atoms with van der Waals surface area (Å²) in [5.41, 5.74) is 16.7. The maximum absolute atomic E-state index is 6.56. The first-order valence-electron chi connectivity index (χ1n) is 22.1. The Labute approximate surface area is 380 Å². The van der Waals surface area contributed by atoms with Crippen molar-refractivity contribution in [3.63, 3.8) is 0 Å². The number of furan rings is 1. The van der Waals surface area contributed by atoms with Crippen molar-refractivity contribution >= 4 is 53.4 Å². The van der Waals surface area contributed by atoms with E-state index in [0.717, 1.165) is 60.9 Å². The molecule has 0 atom stereocenters. The van der Waals surface area contributed by atoms with Crippen LogP contribution in [0.4, 0.5) is 0 Å². The van der Waals surface area contributed by atoms with Crippen LogP contribution in [-0.4, -0.2) is 15.0 Å². The maximum atomic E-state index is 6.56. The SMILES string of the molecule is CC1(C)c2ccccc2-c2cc(-c3ccc(-c4ccc5oc6cccc(-c7nc(-c8cccc(-c9ccccc9)c8)nc(-c8ccc9sc%10ccccc%10c9c8)n7)c6c5c4)cc3)ccc21. The second-order valence-electron chi connectivity index (χ2n) is 17.6. The molecule has 0 bridgehead atoms. The summed E-state index contributed by atoms with van der Waals surface area (Å²) in [6.45, 7) is 4.65. The molecule has 9 aromatic carbocycles. The summed E-state index contributed by atoms with van der Waals surface area (Å²) in [7, 11) is 0. The van der Waals surface area contributed by atoms with Gasteiger partial charge in [-0.1, -0.05) is 159 Å². The molecule has 4 nitrogen and oxygen atoms in total. The van der Waals surface area contributed by atoms with Crippen LogP contribution in [0, 0.1) is 0 Å². The number of thiophene rings is 1. The van der Waals surface area contributed by atoms with E-state index in [1.165, 1.54) is 53.6 Å². The van der Waals surface area contributed by atoms with Crippen LogP contribution in [0.3, 0.4) is 0 Å². The maximum Gasteiger partial charge on any atom is 0.164 e. The first-order valence-corrected chi connectivity index (χ1v) is 22.9. The van der Waals surface area contributed by atoms with Gasteiger partial charge in [0.15, 0.2) is 17.5 Å². The summed E-state index contributed by atoms with van der Waals surface area (Å²) in [5, 5.41) is 4.42. The lowest BCUT2D eigenvalue weighted by atomic mass is 9.82. The number of aromatic nitrogens is 3. The molecule has 1 aliphatic rings. The van der Waals surface area contributed by atoms with Crippen molar-refractivity contribution in [1.29, 1.82) is 0 Å². The van der Waals surface area contributed by atoms with Crippen molar-refractivity contribution in [1.82, 2.24) is 15.0 Å². The lowest BCUT2D eigenvalue weighted by molar-refractivity contribution is 0.660. The second kappa shape index (κ2) is 14.5. The summed E-state index contributed by atoms with van der Waals surface area (Å²) in [5.74, 6) is 1.82. The second-order valence-corrected chi connectivity index (χ2v) is 18.6. The van der Waals surface area contributed by atoms with Crippen LogP contribution in [0.1, 0.15) is 25.0 Å². The van der Waals surface area contributed by atoms with E-state index in [1.807, 2.05) is 18.2 Å². The van der Waals surface area contributed by atoms with Crippen molar-refractivity contribution in [3.05, 3.63) is 211 Å². The molecule has 5 heteroatoms. The van der Waals surface area contributed by atoms with Crippen molar-refractivity contribution in [2.24, 2.45) is 0 Å². The van der Waals surface area contributed by atoms with Crippen LogP contribution in [0.2, 0.25) is 0 Å². The zero-order valence-electron chi connectivity index (χ0n) is 35.7. The normalized spacial score (nSPS) is 12.9.